The summed E-state index contributed by atoms with van der Waals surface area (Å²) < 4.78 is 5.25. The Bertz CT molecular complexity index is 851. The van der Waals surface area contributed by atoms with Crippen LogP contribution in [0.3, 0.4) is 0 Å². The van der Waals surface area contributed by atoms with Crippen LogP contribution < -0.4 is 5.32 Å². The first kappa shape index (κ1) is 20.8. The molecule has 1 atom stereocenters. The maximum absolute atomic E-state index is 12.5. The first-order valence-electron chi connectivity index (χ1n) is 10.3. The van der Waals surface area contributed by atoms with Crippen molar-refractivity contribution < 1.29 is 9.32 Å². The number of carbonyl (C=O) groups excluding carboxylic acids is 1. The minimum Gasteiger partial charge on any atom is -0.353 e. The Morgan fingerprint density at radius 2 is 1.55 bits per heavy atom. The van der Waals surface area contributed by atoms with E-state index >= 15 is 0 Å². The van der Waals surface area contributed by atoms with Gasteiger partial charge in [0.2, 0.25) is 11.8 Å². The minimum atomic E-state index is -0.0248. The van der Waals surface area contributed by atoms with Gasteiger partial charge in [-0.05, 0) is 24.5 Å². The SMILES string of the molecule is CC(C)c1noc(CCCC(=O)N[C@@H](C)C(c2ccccc2)c2ccccc2)n1. The fourth-order valence-corrected chi connectivity index (χ4v) is 3.50. The number of aromatic nitrogens is 2. The van der Waals surface area contributed by atoms with E-state index in [-0.39, 0.29) is 23.8 Å². The molecule has 5 heteroatoms. The zero-order valence-electron chi connectivity index (χ0n) is 17.3. The van der Waals surface area contributed by atoms with Crippen LogP contribution in [0.4, 0.5) is 0 Å². The highest BCUT2D eigenvalue weighted by molar-refractivity contribution is 5.76. The van der Waals surface area contributed by atoms with Crippen molar-refractivity contribution in [3.63, 3.8) is 0 Å². The standard InChI is InChI=1S/C24H29N3O2/c1-17(2)24-26-22(29-27-24)16-10-15-21(28)25-18(3)23(19-11-6-4-7-12-19)20-13-8-5-9-14-20/h4-9,11-14,17-18,23H,10,15-16H2,1-3H3,(H,25,28)/t18-/m0/s1. The molecule has 152 valence electrons. The molecule has 0 fully saturated rings. The van der Waals surface area contributed by atoms with E-state index < -0.39 is 0 Å². The second kappa shape index (κ2) is 10.0. The largest absolute Gasteiger partial charge is 0.353 e. The molecule has 1 aromatic heterocycles. The van der Waals surface area contributed by atoms with Crippen molar-refractivity contribution in [1.29, 1.82) is 0 Å². The summed E-state index contributed by atoms with van der Waals surface area (Å²) in [7, 11) is 0. The van der Waals surface area contributed by atoms with Crippen LogP contribution in [-0.2, 0) is 11.2 Å². The molecule has 1 N–H and O–H groups in total. The summed E-state index contributed by atoms with van der Waals surface area (Å²) in [4.78, 5) is 16.9. The smallest absolute Gasteiger partial charge is 0.226 e. The second-order valence-corrected chi connectivity index (χ2v) is 7.71. The van der Waals surface area contributed by atoms with Gasteiger partial charge in [0.1, 0.15) is 0 Å². The molecule has 0 saturated carbocycles. The van der Waals surface area contributed by atoms with Gasteiger partial charge in [-0.3, -0.25) is 4.79 Å². The number of hydrogen-bond donors (Lipinski definition) is 1. The Morgan fingerprint density at radius 3 is 2.07 bits per heavy atom. The number of aryl methyl sites for hydroxylation is 1. The van der Waals surface area contributed by atoms with Gasteiger partial charge in [-0.2, -0.15) is 4.98 Å². The zero-order valence-corrected chi connectivity index (χ0v) is 17.3. The molecule has 0 saturated heterocycles. The molecule has 0 unspecified atom stereocenters. The number of nitrogens with zero attached hydrogens (tertiary/aromatic N) is 2. The molecule has 5 nitrogen and oxygen atoms in total. The third kappa shape index (κ3) is 5.76. The summed E-state index contributed by atoms with van der Waals surface area (Å²) in [5.74, 6) is 1.70. The van der Waals surface area contributed by atoms with Crippen LogP contribution in [0.1, 0.15) is 68.3 Å². The van der Waals surface area contributed by atoms with Gasteiger partial charge in [0.15, 0.2) is 5.82 Å². The van der Waals surface area contributed by atoms with Gasteiger partial charge >= 0.3 is 0 Å². The Balaban J connectivity index is 1.58. The van der Waals surface area contributed by atoms with E-state index in [0.29, 0.717) is 31.0 Å². The second-order valence-electron chi connectivity index (χ2n) is 7.71. The van der Waals surface area contributed by atoms with Crippen LogP contribution in [0.15, 0.2) is 65.2 Å². The van der Waals surface area contributed by atoms with E-state index in [1.165, 1.54) is 11.1 Å². The van der Waals surface area contributed by atoms with Crippen LogP contribution in [0.25, 0.3) is 0 Å². The van der Waals surface area contributed by atoms with E-state index in [9.17, 15) is 4.79 Å². The predicted octanol–water partition coefficient (Wildman–Crippen LogP) is 4.85. The molecular formula is C24H29N3O2. The Hall–Kier alpha value is -2.95. The van der Waals surface area contributed by atoms with Crippen LogP contribution in [-0.4, -0.2) is 22.1 Å². The molecule has 0 bridgehead atoms. The maximum Gasteiger partial charge on any atom is 0.226 e. The molecule has 3 rings (SSSR count). The fourth-order valence-electron chi connectivity index (χ4n) is 3.50. The van der Waals surface area contributed by atoms with Gasteiger partial charge < -0.3 is 9.84 Å². The van der Waals surface area contributed by atoms with E-state index in [0.717, 1.165) is 0 Å². The molecule has 1 heterocycles. The Kier molecular flexibility index (Phi) is 7.17. The van der Waals surface area contributed by atoms with Gasteiger partial charge in [0.05, 0.1) is 0 Å². The van der Waals surface area contributed by atoms with Crippen LogP contribution in [0.5, 0.6) is 0 Å². The summed E-state index contributed by atoms with van der Waals surface area (Å²) in [5.41, 5.74) is 2.39. The number of nitrogens with one attached hydrogen (secondary N) is 1. The van der Waals surface area contributed by atoms with E-state index in [4.69, 9.17) is 4.52 Å². The summed E-state index contributed by atoms with van der Waals surface area (Å²) in [6.45, 7) is 6.12. The highest BCUT2D eigenvalue weighted by atomic mass is 16.5. The molecule has 0 aliphatic heterocycles. The molecule has 29 heavy (non-hydrogen) atoms. The Morgan fingerprint density at radius 1 is 0.966 bits per heavy atom. The lowest BCUT2D eigenvalue weighted by molar-refractivity contribution is -0.121. The van der Waals surface area contributed by atoms with Crippen LogP contribution in [0.2, 0.25) is 0 Å². The van der Waals surface area contributed by atoms with Crippen molar-refractivity contribution in [2.45, 2.75) is 57.9 Å². The predicted molar refractivity (Wildman–Crippen MR) is 114 cm³/mol. The highest BCUT2D eigenvalue weighted by Crippen LogP contribution is 2.28. The van der Waals surface area contributed by atoms with Gasteiger partial charge in [-0.25, -0.2) is 0 Å². The van der Waals surface area contributed by atoms with Crippen molar-refractivity contribution in [3.8, 4) is 0 Å². The maximum atomic E-state index is 12.5. The number of benzene rings is 2. The normalized spacial score (nSPS) is 12.3. The van der Waals surface area contributed by atoms with Crippen molar-refractivity contribution in [1.82, 2.24) is 15.5 Å². The average molecular weight is 392 g/mol. The number of hydrogen-bond acceptors (Lipinski definition) is 4. The molecule has 0 radical (unpaired) electrons. The van der Waals surface area contributed by atoms with Gasteiger partial charge in [-0.1, -0.05) is 79.7 Å². The van der Waals surface area contributed by atoms with Gasteiger partial charge in [0, 0.05) is 30.7 Å². The minimum absolute atomic E-state index is 0.0248. The third-order valence-corrected chi connectivity index (χ3v) is 5.00. The van der Waals surface area contributed by atoms with Crippen molar-refractivity contribution in [3.05, 3.63) is 83.5 Å². The lowest BCUT2D eigenvalue weighted by atomic mass is 9.85. The first-order valence-corrected chi connectivity index (χ1v) is 10.3. The molecular weight excluding hydrogens is 362 g/mol. The van der Waals surface area contributed by atoms with E-state index in [1.807, 2.05) is 50.2 Å². The van der Waals surface area contributed by atoms with Crippen molar-refractivity contribution in [2.24, 2.45) is 0 Å². The molecule has 2 aromatic carbocycles. The average Bonchev–Trinajstić information content (AvgIpc) is 3.19. The Labute approximate surface area is 172 Å². The lowest BCUT2D eigenvalue weighted by Gasteiger charge is -2.26. The lowest BCUT2D eigenvalue weighted by Crippen LogP contribution is -2.37. The summed E-state index contributed by atoms with van der Waals surface area (Å²) in [6, 6.07) is 20.6. The van der Waals surface area contributed by atoms with E-state index in [1.54, 1.807) is 0 Å². The zero-order chi connectivity index (χ0) is 20.6. The number of rotatable bonds is 9. The summed E-state index contributed by atoms with van der Waals surface area (Å²) >= 11 is 0. The monoisotopic (exact) mass is 391 g/mol. The fraction of sp³-hybridized carbons (Fsp3) is 0.375. The van der Waals surface area contributed by atoms with Crippen molar-refractivity contribution >= 4 is 5.91 Å². The highest BCUT2D eigenvalue weighted by Gasteiger charge is 2.22. The van der Waals surface area contributed by atoms with Gasteiger partial charge in [-0.15, -0.1) is 0 Å². The molecule has 3 aromatic rings. The molecule has 0 spiro atoms. The first-order chi connectivity index (χ1) is 14.0. The van der Waals surface area contributed by atoms with Crippen LogP contribution >= 0.6 is 0 Å². The topological polar surface area (TPSA) is 68.0 Å². The van der Waals surface area contributed by atoms with Crippen LogP contribution in [0, 0.1) is 0 Å². The van der Waals surface area contributed by atoms with E-state index in [2.05, 4.69) is 46.6 Å². The quantitative estimate of drug-likeness (QED) is 0.566. The summed E-state index contributed by atoms with van der Waals surface area (Å²) in [5, 5.41) is 7.15. The molecule has 1 amide bonds. The third-order valence-electron chi connectivity index (χ3n) is 5.00. The molecule has 0 aliphatic rings. The van der Waals surface area contributed by atoms with Gasteiger partial charge in [0.25, 0.3) is 0 Å². The summed E-state index contributed by atoms with van der Waals surface area (Å²) in [6.07, 6.45) is 1.72. The number of amides is 1. The number of carbonyl (C=O) groups is 1. The molecule has 0 aliphatic carbocycles. The van der Waals surface area contributed by atoms with Crippen molar-refractivity contribution in [2.75, 3.05) is 0 Å².